The van der Waals surface area contributed by atoms with Crippen molar-refractivity contribution in [2.45, 2.75) is 19.4 Å². The van der Waals surface area contributed by atoms with Crippen LogP contribution in [0.25, 0.3) is 22.6 Å². The Morgan fingerprint density at radius 1 is 1.20 bits per heavy atom. The number of halogens is 2. The Kier molecular flexibility index (Phi) is 3.89. The molecule has 0 amide bonds. The molecule has 0 aliphatic heterocycles. The lowest BCUT2D eigenvalue weighted by atomic mass is 10.1. The van der Waals surface area contributed by atoms with Gasteiger partial charge in [0, 0.05) is 7.05 Å². The quantitative estimate of drug-likeness (QED) is 0.660. The molecule has 0 saturated heterocycles. The maximum atomic E-state index is 14.1. The van der Waals surface area contributed by atoms with Gasteiger partial charge in [-0.25, -0.2) is 23.7 Å². The van der Waals surface area contributed by atoms with Crippen molar-refractivity contribution in [1.29, 1.82) is 0 Å². The number of rotatable bonds is 1. The number of hydrogen-bond donors (Lipinski definition) is 2. The highest BCUT2D eigenvalue weighted by molar-refractivity contribution is 5.85. The Morgan fingerprint density at radius 2 is 1.92 bits per heavy atom. The molecule has 3 N–H and O–H groups in total. The number of aryl methyl sites for hydroxylation is 1. The summed E-state index contributed by atoms with van der Waals surface area (Å²) in [5, 5.41) is 9.67. The van der Waals surface area contributed by atoms with Crippen LogP contribution in [0.5, 0.6) is 0 Å². The van der Waals surface area contributed by atoms with Crippen molar-refractivity contribution < 1.29 is 13.9 Å². The van der Waals surface area contributed by atoms with Gasteiger partial charge in [-0.05, 0) is 38.0 Å². The van der Waals surface area contributed by atoms with E-state index in [1.54, 1.807) is 7.05 Å². The van der Waals surface area contributed by atoms with Crippen LogP contribution in [0.2, 0.25) is 0 Å². The fraction of sp³-hybridized carbons (Fsp3) is 0.235. The van der Waals surface area contributed by atoms with E-state index in [1.165, 1.54) is 18.4 Å². The first kappa shape index (κ1) is 16.8. The van der Waals surface area contributed by atoms with E-state index in [-0.39, 0.29) is 28.5 Å². The fourth-order valence-corrected chi connectivity index (χ4v) is 2.26. The Bertz CT molecular complexity index is 1040. The van der Waals surface area contributed by atoms with E-state index in [4.69, 9.17) is 5.73 Å². The predicted molar refractivity (Wildman–Crippen MR) is 89.2 cm³/mol. The number of nitrogen functional groups attached to an aromatic ring is 1. The van der Waals surface area contributed by atoms with Gasteiger partial charge in [0.25, 0.3) is 0 Å². The Morgan fingerprint density at radius 3 is 2.60 bits per heavy atom. The van der Waals surface area contributed by atoms with E-state index >= 15 is 0 Å². The summed E-state index contributed by atoms with van der Waals surface area (Å²) >= 11 is 0. The van der Waals surface area contributed by atoms with E-state index in [0.29, 0.717) is 5.65 Å². The first-order valence-electron chi connectivity index (χ1n) is 7.36. The van der Waals surface area contributed by atoms with Gasteiger partial charge in [-0.15, -0.1) is 0 Å². The summed E-state index contributed by atoms with van der Waals surface area (Å²) in [4.78, 5) is 12.5. The second kappa shape index (κ2) is 5.79. The van der Waals surface area contributed by atoms with Gasteiger partial charge >= 0.3 is 0 Å². The summed E-state index contributed by atoms with van der Waals surface area (Å²) in [5.41, 5.74) is 5.26. The van der Waals surface area contributed by atoms with E-state index in [1.807, 2.05) is 0 Å². The zero-order valence-electron chi connectivity index (χ0n) is 13.8. The van der Waals surface area contributed by atoms with Crippen LogP contribution < -0.4 is 5.73 Å². The minimum atomic E-state index is -1.21. The third-order valence-corrected chi connectivity index (χ3v) is 3.40. The number of imidazole rings is 1. The van der Waals surface area contributed by atoms with Gasteiger partial charge in [-0.3, -0.25) is 0 Å². The topological polar surface area (TPSA) is 89.9 Å². The second-order valence-electron chi connectivity index (χ2n) is 6.03. The van der Waals surface area contributed by atoms with Gasteiger partial charge in [-0.2, -0.15) is 0 Å². The maximum Gasteiger partial charge on any atom is 0.209 e. The van der Waals surface area contributed by atoms with Crippen LogP contribution in [-0.2, 0) is 7.05 Å². The molecule has 3 aromatic rings. The maximum absolute atomic E-state index is 14.1. The number of hydrogen-bond acceptors (Lipinski definition) is 5. The van der Waals surface area contributed by atoms with Crippen molar-refractivity contribution in [1.82, 2.24) is 19.5 Å². The SMILES string of the molecule is Cn1c(-c2cc(F)ccc2F)nc2c(N)nc(C#CC(C)(C)O)nc21. The molecule has 0 aliphatic rings. The standard InChI is InChI=1S/C17H15F2N5O/c1-17(2,25)7-6-12-21-14(20)13-16(22-12)24(3)15(23-13)10-8-9(18)4-5-11(10)19/h4-5,8,25H,1-3H3,(H2,20,21,22). The Labute approximate surface area is 142 Å². The highest BCUT2D eigenvalue weighted by Gasteiger charge is 2.18. The van der Waals surface area contributed by atoms with Crippen molar-refractivity contribution >= 4 is 17.0 Å². The second-order valence-corrected chi connectivity index (χ2v) is 6.03. The van der Waals surface area contributed by atoms with Crippen molar-refractivity contribution in [3.63, 3.8) is 0 Å². The molecule has 0 bridgehead atoms. The minimum absolute atomic E-state index is 0.0102. The molecule has 25 heavy (non-hydrogen) atoms. The highest BCUT2D eigenvalue weighted by atomic mass is 19.1. The molecule has 2 heterocycles. The van der Waals surface area contributed by atoms with Gasteiger partial charge in [0.1, 0.15) is 23.1 Å². The number of fused-ring (bicyclic) bond motifs is 1. The van der Waals surface area contributed by atoms with Gasteiger partial charge in [0.05, 0.1) is 5.56 Å². The Balaban J connectivity index is 2.21. The molecule has 3 rings (SSSR count). The van der Waals surface area contributed by atoms with E-state index in [0.717, 1.165) is 18.2 Å². The Hall–Kier alpha value is -3.05. The normalized spacial score (nSPS) is 11.4. The fourth-order valence-electron chi connectivity index (χ4n) is 2.26. The van der Waals surface area contributed by atoms with Crippen LogP contribution in [0.15, 0.2) is 18.2 Å². The molecule has 0 radical (unpaired) electrons. The molecule has 2 aromatic heterocycles. The van der Waals surface area contributed by atoms with Crippen LogP contribution in [0.1, 0.15) is 19.7 Å². The number of nitrogens with zero attached hydrogens (tertiary/aromatic N) is 4. The molecule has 6 nitrogen and oxygen atoms in total. The van der Waals surface area contributed by atoms with E-state index in [9.17, 15) is 13.9 Å². The minimum Gasteiger partial charge on any atom is -0.382 e. The summed E-state index contributed by atoms with van der Waals surface area (Å²) in [6.45, 7) is 3.05. The summed E-state index contributed by atoms with van der Waals surface area (Å²) in [7, 11) is 1.61. The van der Waals surface area contributed by atoms with Gasteiger partial charge in [0.15, 0.2) is 17.0 Å². The summed E-state index contributed by atoms with van der Waals surface area (Å²) in [6.07, 6.45) is 0. The van der Waals surface area contributed by atoms with Crippen molar-refractivity contribution in [2.75, 3.05) is 5.73 Å². The molecule has 1 aromatic carbocycles. The third kappa shape index (κ3) is 3.27. The number of anilines is 1. The first-order chi connectivity index (χ1) is 11.7. The lowest BCUT2D eigenvalue weighted by molar-refractivity contribution is 0.143. The van der Waals surface area contributed by atoms with Gasteiger partial charge < -0.3 is 15.4 Å². The molecule has 0 unspecified atom stereocenters. The van der Waals surface area contributed by atoms with Crippen molar-refractivity contribution in [3.8, 4) is 23.2 Å². The van der Waals surface area contributed by atoms with Crippen LogP contribution >= 0.6 is 0 Å². The zero-order chi connectivity index (χ0) is 18.4. The largest absolute Gasteiger partial charge is 0.382 e. The molecule has 0 fully saturated rings. The molecule has 0 aliphatic carbocycles. The molecule has 8 heteroatoms. The number of benzene rings is 1. The predicted octanol–water partition coefficient (Wildman–Crippen LogP) is 2.01. The van der Waals surface area contributed by atoms with Gasteiger partial charge in [0.2, 0.25) is 5.82 Å². The van der Waals surface area contributed by atoms with Gasteiger partial charge in [-0.1, -0.05) is 5.92 Å². The molecule has 128 valence electrons. The van der Waals surface area contributed by atoms with Crippen LogP contribution in [0.3, 0.4) is 0 Å². The molecular weight excluding hydrogens is 328 g/mol. The monoisotopic (exact) mass is 343 g/mol. The molecule has 0 atom stereocenters. The van der Waals surface area contributed by atoms with Crippen LogP contribution in [-0.4, -0.2) is 30.2 Å². The molecular formula is C17H15F2N5O. The highest BCUT2D eigenvalue weighted by Crippen LogP contribution is 2.27. The smallest absolute Gasteiger partial charge is 0.209 e. The lowest BCUT2D eigenvalue weighted by Gasteiger charge is -2.06. The lowest BCUT2D eigenvalue weighted by Crippen LogP contribution is -2.14. The summed E-state index contributed by atoms with van der Waals surface area (Å²) in [5.74, 6) is 4.35. The number of aliphatic hydroxyl groups is 1. The number of nitrogens with two attached hydrogens (primary N) is 1. The van der Waals surface area contributed by atoms with E-state index < -0.39 is 17.2 Å². The van der Waals surface area contributed by atoms with E-state index in [2.05, 4.69) is 26.8 Å². The average molecular weight is 343 g/mol. The number of aromatic nitrogens is 4. The first-order valence-corrected chi connectivity index (χ1v) is 7.36. The van der Waals surface area contributed by atoms with Crippen LogP contribution in [0, 0.1) is 23.5 Å². The average Bonchev–Trinajstić information content (AvgIpc) is 2.85. The summed E-state index contributed by atoms with van der Waals surface area (Å²) in [6, 6.07) is 3.11. The molecule has 0 saturated carbocycles. The van der Waals surface area contributed by atoms with Crippen molar-refractivity contribution in [2.24, 2.45) is 7.05 Å². The van der Waals surface area contributed by atoms with Crippen LogP contribution in [0.4, 0.5) is 14.6 Å². The summed E-state index contributed by atoms with van der Waals surface area (Å²) < 4.78 is 29.0. The molecule has 0 spiro atoms. The zero-order valence-corrected chi connectivity index (χ0v) is 13.8. The van der Waals surface area contributed by atoms with Crippen molar-refractivity contribution in [3.05, 3.63) is 35.7 Å². The third-order valence-electron chi connectivity index (χ3n) is 3.40.